The molecule has 0 bridgehead atoms. The molecule has 4 aromatic rings. The number of rotatable bonds is 6. The summed E-state index contributed by atoms with van der Waals surface area (Å²) in [5.74, 6) is -1.73. The summed E-state index contributed by atoms with van der Waals surface area (Å²) in [4.78, 5) is 37.2. The van der Waals surface area contributed by atoms with Crippen molar-refractivity contribution in [3.63, 3.8) is 0 Å². The maximum absolute atomic E-state index is 12.7. The lowest BCUT2D eigenvalue weighted by Gasteiger charge is -2.11. The number of carbonyl (C=O) groups excluding carboxylic acids is 3. The highest BCUT2D eigenvalue weighted by atomic mass is 35.5. The van der Waals surface area contributed by atoms with E-state index in [1.54, 1.807) is 36.4 Å². The fourth-order valence-electron chi connectivity index (χ4n) is 3.35. The Morgan fingerprint density at radius 1 is 0.865 bits per heavy atom. The Morgan fingerprint density at radius 3 is 2.35 bits per heavy atom. The summed E-state index contributed by atoms with van der Waals surface area (Å²) in [5, 5.41) is 8.44. The molecule has 0 heterocycles. The van der Waals surface area contributed by atoms with Crippen LogP contribution in [0.15, 0.2) is 84.0 Å². The summed E-state index contributed by atoms with van der Waals surface area (Å²) >= 11 is 11.8. The molecule has 0 aromatic heterocycles. The van der Waals surface area contributed by atoms with Gasteiger partial charge in [-0.15, -0.1) is 0 Å². The fraction of sp³-hybridized carbons (Fsp3) is 0.0370. The number of benzene rings is 4. The molecule has 0 aliphatic carbocycles. The molecule has 0 saturated heterocycles. The smallest absolute Gasteiger partial charge is 0.343 e. The monoisotopic (exact) mass is 535 g/mol. The number of anilines is 1. The topological polar surface area (TPSA) is 106 Å². The van der Waals surface area contributed by atoms with Crippen molar-refractivity contribution in [1.29, 1.82) is 0 Å². The Kier molecular flexibility index (Phi) is 8.02. The number of hydrogen-bond donors (Lipinski definition) is 2. The average molecular weight is 536 g/mol. The Hall–Kier alpha value is -4.40. The summed E-state index contributed by atoms with van der Waals surface area (Å²) in [6.07, 6.45) is 1.31. The van der Waals surface area contributed by atoms with Gasteiger partial charge in [0.1, 0.15) is 11.5 Å². The highest BCUT2D eigenvalue weighted by Gasteiger charge is 2.16. The van der Waals surface area contributed by atoms with Gasteiger partial charge in [-0.05, 0) is 59.3 Å². The Labute approximate surface area is 221 Å². The largest absolute Gasteiger partial charge is 0.497 e. The van der Waals surface area contributed by atoms with Crippen LogP contribution in [-0.2, 0) is 9.59 Å². The van der Waals surface area contributed by atoms with Crippen LogP contribution in [-0.4, -0.2) is 31.1 Å². The molecule has 0 unspecified atom stereocenters. The molecule has 0 aliphatic heterocycles. The van der Waals surface area contributed by atoms with E-state index in [0.717, 1.165) is 10.8 Å². The van der Waals surface area contributed by atoms with Crippen molar-refractivity contribution in [1.82, 2.24) is 5.43 Å². The third-order valence-corrected chi connectivity index (χ3v) is 5.94. The van der Waals surface area contributed by atoms with Crippen molar-refractivity contribution in [2.75, 3.05) is 12.4 Å². The molecule has 0 atom stereocenters. The first-order chi connectivity index (χ1) is 17.9. The van der Waals surface area contributed by atoms with Crippen LogP contribution >= 0.6 is 23.2 Å². The van der Waals surface area contributed by atoms with Gasteiger partial charge in [-0.25, -0.2) is 10.2 Å². The highest BCUT2D eigenvalue weighted by Crippen LogP contribution is 2.28. The van der Waals surface area contributed by atoms with Crippen LogP contribution in [0.1, 0.15) is 15.9 Å². The molecule has 2 N–H and O–H groups in total. The molecular weight excluding hydrogens is 517 g/mol. The van der Waals surface area contributed by atoms with E-state index in [1.165, 1.54) is 31.5 Å². The van der Waals surface area contributed by atoms with Gasteiger partial charge >= 0.3 is 17.8 Å². The number of nitrogens with zero attached hydrogens (tertiary/aromatic N) is 1. The van der Waals surface area contributed by atoms with Crippen LogP contribution in [0, 0.1) is 0 Å². The van der Waals surface area contributed by atoms with Crippen molar-refractivity contribution in [2.45, 2.75) is 0 Å². The quantitative estimate of drug-likeness (QED) is 0.112. The number of esters is 1. The minimum atomic E-state index is -1.01. The van der Waals surface area contributed by atoms with Crippen LogP contribution in [0.2, 0.25) is 10.0 Å². The van der Waals surface area contributed by atoms with E-state index >= 15 is 0 Å². The fourth-order valence-corrected chi connectivity index (χ4v) is 3.65. The molecule has 0 spiro atoms. The number of hydrogen-bond acceptors (Lipinski definition) is 6. The van der Waals surface area contributed by atoms with Crippen molar-refractivity contribution in [2.24, 2.45) is 5.10 Å². The number of amides is 2. The molecule has 0 fully saturated rings. The highest BCUT2D eigenvalue weighted by molar-refractivity contribution is 6.43. The van der Waals surface area contributed by atoms with E-state index in [-0.39, 0.29) is 10.8 Å². The summed E-state index contributed by atoms with van der Waals surface area (Å²) < 4.78 is 10.7. The van der Waals surface area contributed by atoms with E-state index in [9.17, 15) is 14.4 Å². The molecule has 2 amide bonds. The van der Waals surface area contributed by atoms with Gasteiger partial charge < -0.3 is 14.8 Å². The standard InChI is InChI=1S/C27H19Cl2N3O5/c1-36-19-10-6-17(7-11-19)27(35)37-24-13-8-16-4-2-3-5-20(16)21(24)15-30-32-26(34)25(33)31-18-9-12-22(28)23(29)14-18/h2-15H,1H3,(H,31,33)(H,32,34)/b30-15-. The SMILES string of the molecule is COc1ccc(C(=O)Oc2ccc3ccccc3c2/C=N\NC(=O)C(=O)Nc2ccc(Cl)c(Cl)c2)cc1. The van der Waals surface area contributed by atoms with Crippen LogP contribution in [0.5, 0.6) is 11.5 Å². The predicted octanol–water partition coefficient (Wildman–Crippen LogP) is 5.46. The second-order valence-electron chi connectivity index (χ2n) is 7.60. The third-order valence-electron chi connectivity index (χ3n) is 5.20. The third kappa shape index (κ3) is 6.24. The average Bonchev–Trinajstić information content (AvgIpc) is 2.91. The molecule has 4 rings (SSSR count). The minimum absolute atomic E-state index is 0.220. The number of fused-ring (bicyclic) bond motifs is 1. The van der Waals surface area contributed by atoms with E-state index < -0.39 is 17.8 Å². The lowest BCUT2D eigenvalue weighted by Crippen LogP contribution is -2.32. The van der Waals surface area contributed by atoms with Crippen LogP contribution in [0.3, 0.4) is 0 Å². The van der Waals surface area contributed by atoms with E-state index in [1.807, 2.05) is 24.3 Å². The van der Waals surface area contributed by atoms with Crippen molar-refractivity contribution < 1.29 is 23.9 Å². The number of ether oxygens (including phenoxy) is 2. The first-order valence-electron chi connectivity index (χ1n) is 10.8. The number of carbonyl (C=O) groups is 3. The van der Waals surface area contributed by atoms with Crippen LogP contribution in [0.4, 0.5) is 5.69 Å². The molecule has 0 aliphatic rings. The number of nitrogens with one attached hydrogen (secondary N) is 2. The lowest BCUT2D eigenvalue weighted by atomic mass is 10.0. The van der Waals surface area contributed by atoms with E-state index in [4.69, 9.17) is 32.7 Å². The molecule has 4 aromatic carbocycles. The van der Waals surface area contributed by atoms with Gasteiger partial charge in [-0.1, -0.05) is 53.5 Å². The predicted molar refractivity (Wildman–Crippen MR) is 143 cm³/mol. The van der Waals surface area contributed by atoms with Gasteiger partial charge in [0.25, 0.3) is 0 Å². The van der Waals surface area contributed by atoms with Gasteiger partial charge in [0, 0.05) is 11.3 Å². The Bertz CT molecular complexity index is 1520. The molecule has 8 nitrogen and oxygen atoms in total. The second-order valence-corrected chi connectivity index (χ2v) is 8.41. The first kappa shape index (κ1) is 25.7. The molecular formula is C27H19Cl2N3O5. The molecule has 0 saturated carbocycles. The van der Waals surface area contributed by atoms with Gasteiger partial charge in [-0.3, -0.25) is 9.59 Å². The van der Waals surface area contributed by atoms with E-state index in [2.05, 4.69) is 15.8 Å². The normalized spacial score (nSPS) is 10.8. The van der Waals surface area contributed by atoms with Crippen molar-refractivity contribution in [3.05, 3.63) is 100 Å². The second kappa shape index (κ2) is 11.6. The number of halogens is 2. The zero-order valence-corrected chi connectivity index (χ0v) is 20.8. The van der Waals surface area contributed by atoms with Gasteiger partial charge in [0.15, 0.2) is 0 Å². The summed E-state index contributed by atoms with van der Waals surface area (Å²) in [5.41, 5.74) is 3.22. The first-order valence-corrected chi connectivity index (χ1v) is 11.6. The van der Waals surface area contributed by atoms with Gasteiger partial charge in [-0.2, -0.15) is 5.10 Å². The number of methoxy groups -OCH3 is 1. The Balaban J connectivity index is 1.52. The summed E-state index contributed by atoms with van der Waals surface area (Å²) in [7, 11) is 1.53. The molecule has 186 valence electrons. The zero-order valence-electron chi connectivity index (χ0n) is 19.3. The summed E-state index contributed by atoms with van der Waals surface area (Å²) in [6, 6.07) is 21.7. The van der Waals surface area contributed by atoms with Crippen molar-refractivity contribution in [3.8, 4) is 11.5 Å². The zero-order chi connectivity index (χ0) is 26.4. The van der Waals surface area contributed by atoms with Crippen molar-refractivity contribution >= 4 is 63.7 Å². The summed E-state index contributed by atoms with van der Waals surface area (Å²) in [6.45, 7) is 0. The van der Waals surface area contributed by atoms with Gasteiger partial charge in [0.05, 0.1) is 28.9 Å². The maximum atomic E-state index is 12.7. The maximum Gasteiger partial charge on any atom is 0.343 e. The molecule has 10 heteroatoms. The minimum Gasteiger partial charge on any atom is -0.497 e. The van der Waals surface area contributed by atoms with Crippen LogP contribution < -0.4 is 20.2 Å². The lowest BCUT2D eigenvalue weighted by molar-refractivity contribution is -0.136. The van der Waals surface area contributed by atoms with Gasteiger partial charge in [0.2, 0.25) is 0 Å². The van der Waals surface area contributed by atoms with E-state index in [0.29, 0.717) is 27.6 Å². The number of hydrazone groups is 1. The molecule has 0 radical (unpaired) electrons. The van der Waals surface area contributed by atoms with Crippen LogP contribution in [0.25, 0.3) is 10.8 Å². The molecule has 37 heavy (non-hydrogen) atoms. The Morgan fingerprint density at radius 2 is 1.62 bits per heavy atom.